The van der Waals surface area contributed by atoms with Crippen LogP contribution in [-0.2, 0) is 4.79 Å². The highest BCUT2D eigenvalue weighted by molar-refractivity contribution is 5.85. The van der Waals surface area contributed by atoms with Crippen molar-refractivity contribution in [2.45, 2.75) is 39.2 Å². The molecular weight excluding hydrogens is 240 g/mol. The molecule has 0 aliphatic carbocycles. The van der Waals surface area contributed by atoms with Gasteiger partial charge in [-0.3, -0.25) is 4.79 Å². The lowest BCUT2D eigenvalue weighted by Gasteiger charge is -2.25. The molecule has 0 unspecified atom stereocenters. The molecule has 0 aromatic heterocycles. The number of nitrogens with one attached hydrogen (secondary N) is 1. The van der Waals surface area contributed by atoms with Crippen LogP contribution in [0, 0.1) is 6.92 Å². The number of hydrogen-bond donors (Lipinski definition) is 2. The predicted molar refractivity (Wildman–Crippen MR) is 77.2 cm³/mol. The summed E-state index contributed by atoms with van der Waals surface area (Å²) in [5, 5.41) is 2.82. The largest absolute Gasteiger partial charge is 0.492 e. The van der Waals surface area contributed by atoms with Gasteiger partial charge in [0, 0.05) is 0 Å². The van der Waals surface area contributed by atoms with Crippen LogP contribution in [0.4, 0.5) is 0 Å². The number of carbonyl (C=O) groups excluding carboxylic acids is 1. The van der Waals surface area contributed by atoms with Gasteiger partial charge in [-0.1, -0.05) is 26.0 Å². The summed E-state index contributed by atoms with van der Waals surface area (Å²) in [6, 6.07) is 7.83. The van der Waals surface area contributed by atoms with Gasteiger partial charge in [0.2, 0.25) is 5.91 Å². The Labute approximate surface area is 115 Å². The number of amides is 1. The molecule has 0 aliphatic heterocycles. The predicted octanol–water partition coefficient (Wildman–Crippen LogP) is 2.01. The third kappa shape index (κ3) is 4.56. The molecule has 0 bridgehead atoms. The lowest BCUT2D eigenvalue weighted by molar-refractivity contribution is -0.126. The fourth-order valence-electron chi connectivity index (χ4n) is 1.79. The van der Waals surface area contributed by atoms with Crippen molar-refractivity contribution in [1.82, 2.24) is 5.32 Å². The highest BCUT2D eigenvalue weighted by Crippen LogP contribution is 2.12. The van der Waals surface area contributed by atoms with Crippen molar-refractivity contribution in [3.8, 4) is 5.75 Å². The number of benzene rings is 1. The maximum absolute atomic E-state index is 11.9. The van der Waals surface area contributed by atoms with Crippen molar-refractivity contribution >= 4 is 5.91 Å². The van der Waals surface area contributed by atoms with Gasteiger partial charge in [-0.15, -0.1) is 0 Å². The molecule has 0 spiro atoms. The lowest BCUT2D eigenvalue weighted by atomic mass is 9.93. The van der Waals surface area contributed by atoms with Gasteiger partial charge in [0.15, 0.2) is 0 Å². The van der Waals surface area contributed by atoms with Crippen molar-refractivity contribution in [2.75, 3.05) is 13.2 Å². The highest BCUT2D eigenvalue weighted by atomic mass is 16.5. The molecule has 4 nitrogen and oxygen atoms in total. The third-order valence-corrected chi connectivity index (χ3v) is 3.36. The summed E-state index contributed by atoms with van der Waals surface area (Å²) in [4.78, 5) is 11.9. The van der Waals surface area contributed by atoms with Gasteiger partial charge in [0.1, 0.15) is 12.4 Å². The minimum Gasteiger partial charge on any atom is -0.492 e. The zero-order chi connectivity index (χ0) is 14.3. The Bertz CT molecular complexity index is 414. The monoisotopic (exact) mass is 264 g/mol. The second kappa shape index (κ2) is 7.14. The fourth-order valence-corrected chi connectivity index (χ4v) is 1.79. The molecule has 0 saturated heterocycles. The van der Waals surface area contributed by atoms with Crippen LogP contribution in [0.2, 0.25) is 0 Å². The lowest BCUT2D eigenvalue weighted by Crippen LogP contribution is -2.53. The van der Waals surface area contributed by atoms with E-state index in [4.69, 9.17) is 10.5 Å². The van der Waals surface area contributed by atoms with Crippen LogP contribution in [0.1, 0.15) is 32.3 Å². The molecule has 106 valence electrons. The fraction of sp³-hybridized carbons (Fsp3) is 0.533. The van der Waals surface area contributed by atoms with E-state index in [1.165, 1.54) is 0 Å². The summed E-state index contributed by atoms with van der Waals surface area (Å²) in [5.74, 6) is 0.713. The van der Waals surface area contributed by atoms with Crippen LogP contribution >= 0.6 is 0 Å². The van der Waals surface area contributed by atoms with Crippen molar-refractivity contribution in [2.24, 2.45) is 5.73 Å². The Morgan fingerprint density at radius 3 is 2.63 bits per heavy atom. The number of carbonyl (C=O) groups is 1. The van der Waals surface area contributed by atoms with E-state index < -0.39 is 5.54 Å². The summed E-state index contributed by atoms with van der Waals surface area (Å²) < 4.78 is 5.56. The summed E-state index contributed by atoms with van der Waals surface area (Å²) in [7, 11) is 0. The highest BCUT2D eigenvalue weighted by Gasteiger charge is 2.29. The second-order valence-electron chi connectivity index (χ2n) is 4.78. The zero-order valence-corrected chi connectivity index (χ0v) is 12.0. The van der Waals surface area contributed by atoms with Crippen LogP contribution in [0.25, 0.3) is 0 Å². The first-order valence-corrected chi connectivity index (χ1v) is 6.78. The average Bonchev–Trinajstić information content (AvgIpc) is 2.42. The third-order valence-electron chi connectivity index (χ3n) is 3.36. The second-order valence-corrected chi connectivity index (χ2v) is 4.78. The van der Waals surface area contributed by atoms with Crippen molar-refractivity contribution in [3.05, 3.63) is 29.8 Å². The molecular formula is C15H24N2O2. The van der Waals surface area contributed by atoms with Gasteiger partial charge >= 0.3 is 0 Å². The average molecular weight is 264 g/mol. The van der Waals surface area contributed by atoms with Crippen molar-refractivity contribution < 1.29 is 9.53 Å². The first-order chi connectivity index (χ1) is 9.01. The van der Waals surface area contributed by atoms with Crippen LogP contribution in [0.5, 0.6) is 5.75 Å². The minimum absolute atomic E-state index is 0.106. The van der Waals surface area contributed by atoms with Crippen molar-refractivity contribution in [1.29, 1.82) is 0 Å². The molecule has 0 radical (unpaired) electrons. The van der Waals surface area contributed by atoms with Gasteiger partial charge in [-0.25, -0.2) is 0 Å². The Balaban J connectivity index is 2.33. The van der Waals surface area contributed by atoms with Crippen LogP contribution in [0.15, 0.2) is 24.3 Å². The van der Waals surface area contributed by atoms with E-state index in [0.29, 0.717) is 26.0 Å². The molecule has 0 aliphatic rings. The topological polar surface area (TPSA) is 64.4 Å². The minimum atomic E-state index is -0.761. The molecule has 3 N–H and O–H groups in total. The summed E-state index contributed by atoms with van der Waals surface area (Å²) >= 11 is 0. The van der Waals surface area contributed by atoms with E-state index in [1.807, 2.05) is 45.0 Å². The first kappa shape index (κ1) is 15.5. The Hall–Kier alpha value is -1.55. The summed E-state index contributed by atoms with van der Waals surface area (Å²) in [6.45, 7) is 6.77. The molecule has 1 amide bonds. The van der Waals surface area contributed by atoms with Gasteiger partial charge < -0.3 is 15.8 Å². The molecule has 19 heavy (non-hydrogen) atoms. The Morgan fingerprint density at radius 2 is 2.05 bits per heavy atom. The number of aryl methyl sites for hydroxylation is 1. The standard InChI is InChI=1S/C15H24N2O2/c1-4-15(16,5-2)14(18)17-9-10-19-13-8-6-7-12(3)11-13/h6-8,11H,4-5,9-10,16H2,1-3H3,(H,17,18). The number of hydrogen-bond acceptors (Lipinski definition) is 3. The first-order valence-electron chi connectivity index (χ1n) is 6.78. The van der Waals surface area contributed by atoms with Crippen molar-refractivity contribution in [3.63, 3.8) is 0 Å². The Kier molecular flexibility index (Phi) is 5.83. The van der Waals surface area contributed by atoms with Crippen LogP contribution in [-0.4, -0.2) is 24.6 Å². The van der Waals surface area contributed by atoms with E-state index in [-0.39, 0.29) is 5.91 Å². The molecule has 0 saturated carbocycles. The van der Waals surface area contributed by atoms with E-state index >= 15 is 0 Å². The van der Waals surface area contributed by atoms with Gasteiger partial charge in [-0.2, -0.15) is 0 Å². The van der Waals surface area contributed by atoms with E-state index in [1.54, 1.807) is 0 Å². The Morgan fingerprint density at radius 1 is 1.37 bits per heavy atom. The van der Waals surface area contributed by atoms with Gasteiger partial charge in [0.05, 0.1) is 12.1 Å². The SMILES string of the molecule is CCC(N)(CC)C(=O)NCCOc1cccc(C)c1. The van der Waals surface area contributed by atoms with E-state index in [0.717, 1.165) is 11.3 Å². The molecule has 0 fully saturated rings. The summed E-state index contributed by atoms with van der Waals surface area (Å²) in [6.07, 6.45) is 1.27. The molecule has 0 atom stereocenters. The zero-order valence-electron chi connectivity index (χ0n) is 12.0. The van der Waals surface area contributed by atoms with E-state index in [9.17, 15) is 4.79 Å². The molecule has 0 heterocycles. The molecule has 1 aromatic rings. The quantitative estimate of drug-likeness (QED) is 0.740. The maximum Gasteiger partial charge on any atom is 0.240 e. The smallest absolute Gasteiger partial charge is 0.240 e. The molecule has 1 rings (SSSR count). The summed E-state index contributed by atoms with van der Waals surface area (Å²) in [5.41, 5.74) is 6.39. The van der Waals surface area contributed by atoms with Crippen LogP contribution in [0.3, 0.4) is 0 Å². The van der Waals surface area contributed by atoms with Gasteiger partial charge in [-0.05, 0) is 37.5 Å². The number of nitrogens with two attached hydrogens (primary N) is 1. The molecule has 1 aromatic carbocycles. The van der Waals surface area contributed by atoms with Crippen LogP contribution < -0.4 is 15.8 Å². The molecule has 4 heteroatoms. The normalized spacial score (nSPS) is 11.2. The number of ether oxygens (including phenoxy) is 1. The van der Waals surface area contributed by atoms with E-state index in [2.05, 4.69) is 5.32 Å². The maximum atomic E-state index is 11.9. The number of rotatable bonds is 7. The van der Waals surface area contributed by atoms with Gasteiger partial charge in [0.25, 0.3) is 0 Å².